The third-order valence-corrected chi connectivity index (χ3v) is 7.94. The fourth-order valence-corrected chi connectivity index (χ4v) is 5.54. The average Bonchev–Trinajstić information content (AvgIpc) is 3.32. The fourth-order valence-electron chi connectivity index (χ4n) is 5.54. The van der Waals surface area contributed by atoms with Gasteiger partial charge in [-0.05, 0) is 49.2 Å². The van der Waals surface area contributed by atoms with Gasteiger partial charge in [-0.15, -0.1) is 0 Å². The number of imidazole rings is 1. The molecule has 0 radical (unpaired) electrons. The topological polar surface area (TPSA) is 46.9 Å². The molecule has 0 aliphatic heterocycles. The van der Waals surface area contributed by atoms with Crippen molar-refractivity contribution < 1.29 is 9.18 Å². The van der Waals surface area contributed by atoms with Gasteiger partial charge in [0.25, 0.3) is 5.91 Å². The number of amides is 1. The first-order chi connectivity index (χ1) is 19.7. The zero-order valence-electron chi connectivity index (χ0n) is 24.9. The first-order valence-electron chi connectivity index (χ1n) is 16.2. The lowest BCUT2D eigenvalue weighted by atomic mass is 10.0. The highest BCUT2D eigenvalue weighted by Gasteiger charge is 2.11. The summed E-state index contributed by atoms with van der Waals surface area (Å²) in [7, 11) is 0. The van der Waals surface area contributed by atoms with Crippen LogP contribution in [-0.2, 0) is 13.0 Å². The van der Waals surface area contributed by atoms with Crippen molar-refractivity contribution in [2.75, 3.05) is 6.54 Å². The number of unbranched alkanes of at least 4 members (excludes halogenated alkanes) is 15. The van der Waals surface area contributed by atoms with Gasteiger partial charge in [-0.3, -0.25) is 4.79 Å². The van der Waals surface area contributed by atoms with Gasteiger partial charge in [0.1, 0.15) is 11.6 Å². The molecule has 0 bridgehead atoms. The van der Waals surface area contributed by atoms with Crippen LogP contribution >= 0.6 is 0 Å². The predicted octanol–water partition coefficient (Wildman–Crippen LogP) is 9.80. The number of aryl methyl sites for hydroxylation is 2. The molecule has 5 heteroatoms. The van der Waals surface area contributed by atoms with Crippen molar-refractivity contribution in [3.8, 4) is 0 Å². The van der Waals surface area contributed by atoms with Gasteiger partial charge in [0.05, 0.1) is 11.0 Å². The maximum atomic E-state index is 13.1. The zero-order chi connectivity index (χ0) is 28.3. The molecule has 1 N–H and O–H groups in total. The lowest BCUT2D eigenvalue weighted by molar-refractivity contribution is 0.0953. The number of fused-ring (bicyclic) bond motifs is 1. The fraction of sp³-hybridized carbons (Fsp3) is 0.600. The van der Waals surface area contributed by atoms with Crippen molar-refractivity contribution in [1.29, 1.82) is 0 Å². The van der Waals surface area contributed by atoms with E-state index >= 15 is 0 Å². The molecule has 40 heavy (non-hydrogen) atoms. The number of rotatable bonds is 22. The maximum absolute atomic E-state index is 13.1. The number of halogens is 1. The first kappa shape index (κ1) is 31.8. The van der Waals surface area contributed by atoms with E-state index in [2.05, 4.69) is 35.0 Å². The van der Waals surface area contributed by atoms with E-state index in [1.807, 2.05) is 6.07 Å². The molecule has 3 aromatic rings. The van der Waals surface area contributed by atoms with Crippen LogP contribution in [0, 0.1) is 5.82 Å². The van der Waals surface area contributed by atoms with E-state index in [4.69, 9.17) is 4.98 Å². The summed E-state index contributed by atoms with van der Waals surface area (Å²) in [6.45, 7) is 3.85. The van der Waals surface area contributed by atoms with Crippen LogP contribution in [0.3, 0.4) is 0 Å². The molecule has 3 rings (SSSR count). The van der Waals surface area contributed by atoms with E-state index in [0.29, 0.717) is 12.1 Å². The summed E-state index contributed by atoms with van der Waals surface area (Å²) in [5.41, 5.74) is 2.73. The molecule has 0 saturated carbocycles. The number of hydrogen-bond donors (Lipinski definition) is 1. The second-order valence-corrected chi connectivity index (χ2v) is 11.3. The second-order valence-electron chi connectivity index (χ2n) is 11.3. The molecule has 0 fully saturated rings. The predicted molar refractivity (Wildman–Crippen MR) is 166 cm³/mol. The van der Waals surface area contributed by atoms with Crippen molar-refractivity contribution in [2.45, 2.75) is 129 Å². The molecule has 0 atom stereocenters. The molecular weight excluding hydrogens is 497 g/mol. The van der Waals surface area contributed by atoms with Crippen molar-refractivity contribution in [2.24, 2.45) is 0 Å². The summed E-state index contributed by atoms with van der Waals surface area (Å²) in [6.07, 6.45) is 23.7. The van der Waals surface area contributed by atoms with Crippen LogP contribution in [0.4, 0.5) is 4.39 Å². The number of aromatic nitrogens is 2. The minimum atomic E-state index is -0.334. The van der Waals surface area contributed by atoms with Gasteiger partial charge in [-0.2, -0.15) is 0 Å². The molecule has 1 aromatic heterocycles. The van der Waals surface area contributed by atoms with E-state index in [1.165, 1.54) is 133 Å². The minimum Gasteiger partial charge on any atom is -0.352 e. The lowest BCUT2D eigenvalue weighted by Gasteiger charge is -2.10. The molecule has 0 unspecified atom stereocenters. The van der Waals surface area contributed by atoms with E-state index in [1.54, 1.807) is 0 Å². The third-order valence-electron chi connectivity index (χ3n) is 7.94. The molecule has 4 nitrogen and oxygen atoms in total. The van der Waals surface area contributed by atoms with Gasteiger partial charge in [0, 0.05) is 25.1 Å². The van der Waals surface area contributed by atoms with Crippen LogP contribution in [-0.4, -0.2) is 22.0 Å². The molecule has 0 spiro atoms. The minimum absolute atomic E-state index is 0.165. The van der Waals surface area contributed by atoms with Gasteiger partial charge in [-0.25, -0.2) is 9.37 Å². The number of benzene rings is 2. The van der Waals surface area contributed by atoms with E-state index in [-0.39, 0.29) is 11.7 Å². The quantitative estimate of drug-likeness (QED) is 0.127. The summed E-state index contributed by atoms with van der Waals surface area (Å²) < 4.78 is 15.5. The number of para-hydroxylation sites is 2. The summed E-state index contributed by atoms with van der Waals surface area (Å²) in [5.74, 6) is 0.597. The molecule has 0 saturated heterocycles. The normalized spacial score (nSPS) is 11.3. The molecule has 220 valence electrons. The van der Waals surface area contributed by atoms with Gasteiger partial charge in [0.15, 0.2) is 0 Å². The molecule has 1 heterocycles. The number of carbonyl (C=O) groups is 1. The molecule has 0 aliphatic carbocycles. The highest BCUT2D eigenvalue weighted by Crippen LogP contribution is 2.19. The summed E-state index contributed by atoms with van der Waals surface area (Å²) in [6, 6.07) is 14.0. The van der Waals surface area contributed by atoms with Crippen LogP contribution in [0.2, 0.25) is 0 Å². The Morgan fingerprint density at radius 2 is 1.27 bits per heavy atom. The van der Waals surface area contributed by atoms with Gasteiger partial charge in [-0.1, -0.05) is 115 Å². The Bertz CT molecular complexity index is 1090. The molecular formula is C35H52FN3O. The Morgan fingerprint density at radius 3 is 1.88 bits per heavy atom. The van der Waals surface area contributed by atoms with Gasteiger partial charge < -0.3 is 9.88 Å². The van der Waals surface area contributed by atoms with Crippen LogP contribution in [0.25, 0.3) is 11.0 Å². The summed E-state index contributed by atoms with van der Waals surface area (Å²) in [4.78, 5) is 17.2. The molecule has 2 aromatic carbocycles. The largest absolute Gasteiger partial charge is 0.352 e. The number of carbonyl (C=O) groups excluding carboxylic acids is 1. The SMILES string of the molecule is CCCCCCCCCCCCCCCCCCn1c(CCCNC(=O)c2ccc(F)cc2)nc2ccccc21. The number of hydrogen-bond acceptors (Lipinski definition) is 2. The Labute approximate surface area is 242 Å². The van der Waals surface area contributed by atoms with Crippen molar-refractivity contribution in [3.63, 3.8) is 0 Å². The van der Waals surface area contributed by atoms with E-state index in [9.17, 15) is 9.18 Å². The Balaban J connectivity index is 1.27. The first-order valence-corrected chi connectivity index (χ1v) is 16.2. The Morgan fingerprint density at radius 1 is 0.725 bits per heavy atom. The Hall–Kier alpha value is -2.69. The van der Waals surface area contributed by atoms with Crippen molar-refractivity contribution in [1.82, 2.24) is 14.9 Å². The van der Waals surface area contributed by atoms with Crippen molar-refractivity contribution >= 4 is 16.9 Å². The maximum Gasteiger partial charge on any atom is 0.251 e. The zero-order valence-corrected chi connectivity index (χ0v) is 24.9. The third kappa shape index (κ3) is 11.8. The van der Waals surface area contributed by atoms with Gasteiger partial charge in [0.2, 0.25) is 0 Å². The second kappa shape index (κ2) is 19.4. The van der Waals surface area contributed by atoms with Crippen LogP contribution < -0.4 is 5.32 Å². The molecule has 0 aliphatic rings. The average molecular weight is 550 g/mol. The molecule has 1 amide bonds. The van der Waals surface area contributed by atoms with E-state index in [0.717, 1.165) is 30.7 Å². The smallest absolute Gasteiger partial charge is 0.251 e. The summed E-state index contributed by atoms with van der Waals surface area (Å²) in [5, 5.41) is 2.95. The van der Waals surface area contributed by atoms with Gasteiger partial charge >= 0.3 is 0 Å². The highest BCUT2D eigenvalue weighted by atomic mass is 19.1. The standard InChI is InChI=1S/C35H52FN3O/c1-2-3-4-5-6-7-8-9-10-11-12-13-14-15-16-19-29-39-33-22-18-17-21-32(33)38-34(39)23-20-28-37-35(40)30-24-26-31(36)27-25-30/h17-18,21-22,24-27H,2-16,19-20,23,28-29H2,1H3,(H,37,40). The number of nitrogens with one attached hydrogen (secondary N) is 1. The lowest BCUT2D eigenvalue weighted by Crippen LogP contribution is -2.25. The summed E-state index contributed by atoms with van der Waals surface area (Å²) >= 11 is 0. The van der Waals surface area contributed by atoms with Crippen molar-refractivity contribution in [3.05, 3.63) is 65.7 Å². The number of nitrogens with zero attached hydrogens (tertiary/aromatic N) is 2. The monoisotopic (exact) mass is 549 g/mol. The van der Waals surface area contributed by atoms with Crippen LogP contribution in [0.5, 0.6) is 0 Å². The van der Waals surface area contributed by atoms with E-state index < -0.39 is 0 Å². The van der Waals surface area contributed by atoms with Crippen LogP contribution in [0.15, 0.2) is 48.5 Å². The van der Waals surface area contributed by atoms with Crippen LogP contribution in [0.1, 0.15) is 132 Å². The Kier molecular flexibility index (Phi) is 15.4. The highest BCUT2D eigenvalue weighted by molar-refractivity contribution is 5.94.